The van der Waals surface area contributed by atoms with Crippen LogP contribution in [0.4, 0.5) is 5.82 Å². The van der Waals surface area contributed by atoms with E-state index in [2.05, 4.69) is 15.3 Å². The number of hydrogen-bond donors (Lipinski definition) is 3. The summed E-state index contributed by atoms with van der Waals surface area (Å²) in [6, 6.07) is 10.4. The molecule has 174 valence electrons. The second kappa shape index (κ2) is 7.58. The molecule has 0 aliphatic carbocycles. The summed E-state index contributed by atoms with van der Waals surface area (Å²) in [4.78, 5) is 49.8. The first-order valence-corrected chi connectivity index (χ1v) is 11.6. The Labute approximate surface area is 195 Å². The van der Waals surface area contributed by atoms with Crippen LogP contribution in [0.3, 0.4) is 0 Å². The number of rotatable bonds is 2. The number of benzene rings is 1. The third-order valence-electron chi connectivity index (χ3n) is 7.47. The maximum Gasteiger partial charge on any atom is 0.270 e. The Bertz CT molecular complexity index is 1330. The molecule has 3 N–H and O–H groups in total. The molecule has 9 nitrogen and oxygen atoms in total. The number of carbonyl (C=O) groups is 3. The Hall–Kier alpha value is -3.88. The van der Waals surface area contributed by atoms with Crippen molar-refractivity contribution in [1.82, 2.24) is 19.8 Å². The first-order chi connectivity index (χ1) is 16.4. The molecule has 2 saturated heterocycles. The second-order valence-corrected chi connectivity index (χ2v) is 9.69. The number of anilines is 1. The van der Waals surface area contributed by atoms with Crippen molar-refractivity contribution in [2.75, 3.05) is 31.5 Å². The van der Waals surface area contributed by atoms with Gasteiger partial charge in [-0.15, -0.1) is 0 Å². The van der Waals surface area contributed by atoms with Gasteiger partial charge in [0, 0.05) is 66.7 Å². The van der Waals surface area contributed by atoms with E-state index in [4.69, 9.17) is 0 Å². The molecule has 3 aliphatic heterocycles. The first-order valence-electron chi connectivity index (χ1n) is 11.6. The number of fused-ring (bicyclic) bond motifs is 2. The number of nitrogens with one attached hydrogen (secondary N) is 2. The van der Waals surface area contributed by atoms with Gasteiger partial charge in [-0.3, -0.25) is 14.4 Å². The number of nitrogens with zero attached hydrogens (tertiary/aromatic N) is 3. The average Bonchev–Trinajstić information content (AvgIpc) is 3.56. The third-order valence-corrected chi connectivity index (χ3v) is 7.47. The minimum atomic E-state index is -0.519. The zero-order valence-electron chi connectivity index (χ0n) is 18.6. The molecule has 2 aromatic heterocycles. The summed E-state index contributed by atoms with van der Waals surface area (Å²) in [5, 5.41) is 13.3. The number of carbonyl (C=O) groups excluding carboxylic acids is 3. The van der Waals surface area contributed by atoms with Gasteiger partial charge in [0.15, 0.2) is 0 Å². The standard InChI is InChI=1S/C25H25N5O4/c31-16-4-3-15-10-20(27-19(15)11-16)24(34)30-9-6-25(14-30)5-8-29(13-25)23(33)18-12-21(32)28-22-17(18)2-1-7-26-22/h1-4,7,10-11,18,27,31H,5-6,8-9,12-14H2,(H,26,28,32). The van der Waals surface area contributed by atoms with Gasteiger partial charge in [0.25, 0.3) is 5.91 Å². The van der Waals surface area contributed by atoms with Crippen molar-refractivity contribution in [2.45, 2.75) is 25.2 Å². The van der Waals surface area contributed by atoms with Gasteiger partial charge in [-0.25, -0.2) is 4.98 Å². The number of H-pyrrole nitrogens is 1. The molecule has 0 radical (unpaired) electrons. The molecule has 1 spiro atoms. The Morgan fingerprint density at radius 1 is 1.09 bits per heavy atom. The fourth-order valence-corrected chi connectivity index (χ4v) is 5.69. The Balaban J connectivity index is 1.16. The number of aromatic hydroxyl groups is 1. The van der Waals surface area contributed by atoms with Crippen LogP contribution >= 0.6 is 0 Å². The van der Waals surface area contributed by atoms with Crippen LogP contribution in [-0.4, -0.2) is 68.8 Å². The minimum Gasteiger partial charge on any atom is -0.508 e. The number of phenolic OH excluding ortho intramolecular Hbond substituents is 1. The summed E-state index contributed by atoms with van der Waals surface area (Å²) in [6.07, 6.45) is 3.41. The van der Waals surface area contributed by atoms with Crippen LogP contribution in [0.2, 0.25) is 0 Å². The van der Waals surface area contributed by atoms with Gasteiger partial charge in [0.1, 0.15) is 17.3 Å². The molecule has 34 heavy (non-hydrogen) atoms. The summed E-state index contributed by atoms with van der Waals surface area (Å²) in [5.41, 5.74) is 1.87. The predicted molar refractivity (Wildman–Crippen MR) is 124 cm³/mol. The highest BCUT2D eigenvalue weighted by Crippen LogP contribution is 2.42. The van der Waals surface area contributed by atoms with Crippen molar-refractivity contribution in [1.29, 1.82) is 0 Å². The molecule has 3 aromatic rings. The van der Waals surface area contributed by atoms with Gasteiger partial charge in [-0.2, -0.15) is 0 Å². The lowest BCUT2D eigenvalue weighted by Crippen LogP contribution is -2.39. The Morgan fingerprint density at radius 3 is 2.74 bits per heavy atom. The second-order valence-electron chi connectivity index (χ2n) is 9.69. The fraction of sp³-hybridized carbons (Fsp3) is 0.360. The zero-order chi connectivity index (χ0) is 23.4. The van der Waals surface area contributed by atoms with Crippen molar-refractivity contribution in [3.63, 3.8) is 0 Å². The van der Waals surface area contributed by atoms with Gasteiger partial charge in [0.05, 0.1) is 5.92 Å². The number of amides is 3. The summed E-state index contributed by atoms with van der Waals surface area (Å²) in [7, 11) is 0. The van der Waals surface area contributed by atoms with Crippen molar-refractivity contribution < 1.29 is 19.5 Å². The number of phenols is 1. The van der Waals surface area contributed by atoms with Gasteiger partial charge in [-0.1, -0.05) is 6.07 Å². The van der Waals surface area contributed by atoms with E-state index < -0.39 is 5.92 Å². The maximum absolute atomic E-state index is 13.4. The van der Waals surface area contributed by atoms with E-state index in [0.717, 1.165) is 29.3 Å². The van der Waals surface area contributed by atoms with Crippen LogP contribution in [0, 0.1) is 5.41 Å². The van der Waals surface area contributed by atoms with Crippen molar-refractivity contribution >= 4 is 34.4 Å². The van der Waals surface area contributed by atoms with Gasteiger partial charge in [-0.05, 0) is 37.1 Å². The monoisotopic (exact) mass is 459 g/mol. The molecule has 6 rings (SSSR count). The fourth-order valence-electron chi connectivity index (χ4n) is 5.69. The molecule has 9 heteroatoms. The van der Waals surface area contributed by atoms with Gasteiger partial charge >= 0.3 is 0 Å². The summed E-state index contributed by atoms with van der Waals surface area (Å²) >= 11 is 0. The molecule has 2 fully saturated rings. The van der Waals surface area contributed by atoms with Crippen molar-refractivity contribution in [2.24, 2.45) is 5.41 Å². The van der Waals surface area contributed by atoms with E-state index in [1.807, 2.05) is 21.9 Å². The van der Waals surface area contributed by atoms with Crippen LogP contribution in [0.1, 0.15) is 41.2 Å². The summed E-state index contributed by atoms with van der Waals surface area (Å²) in [5.74, 6) is -0.201. The van der Waals surface area contributed by atoms with Crippen LogP contribution in [-0.2, 0) is 9.59 Å². The maximum atomic E-state index is 13.4. The highest BCUT2D eigenvalue weighted by atomic mass is 16.3. The minimum absolute atomic E-state index is 0.0406. The molecular weight excluding hydrogens is 434 g/mol. The topological polar surface area (TPSA) is 119 Å². The van der Waals surface area contributed by atoms with Crippen molar-refractivity contribution in [3.8, 4) is 5.75 Å². The number of pyridine rings is 1. The zero-order valence-corrected chi connectivity index (χ0v) is 18.6. The van der Waals surface area contributed by atoms with Crippen LogP contribution in [0.25, 0.3) is 10.9 Å². The number of hydrogen-bond acceptors (Lipinski definition) is 5. The molecule has 0 bridgehead atoms. The SMILES string of the molecule is O=C1CC(C(=O)N2CCC3(CCN(C(=O)c4cc5ccc(O)cc5[nH]4)C3)C2)c2cccnc2N1. The van der Waals surface area contributed by atoms with Crippen LogP contribution < -0.4 is 5.32 Å². The molecule has 2 unspecified atom stereocenters. The quantitative estimate of drug-likeness (QED) is 0.544. The van der Waals surface area contributed by atoms with Crippen LogP contribution in [0.5, 0.6) is 5.75 Å². The van der Waals surface area contributed by atoms with Gasteiger partial charge in [0.2, 0.25) is 11.8 Å². The van der Waals surface area contributed by atoms with Crippen LogP contribution in [0.15, 0.2) is 42.6 Å². The number of likely N-dealkylation sites (tertiary alicyclic amines) is 2. The third kappa shape index (κ3) is 3.39. The molecule has 5 heterocycles. The smallest absolute Gasteiger partial charge is 0.270 e. The normalized spacial score (nSPS) is 24.0. The Kier molecular flexibility index (Phi) is 4.62. The molecule has 1 aromatic carbocycles. The van der Waals surface area contributed by atoms with Gasteiger partial charge < -0.3 is 25.2 Å². The summed E-state index contributed by atoms with van der Waals surface area (Å²) in [6.45, 7) is 2.45. The highest BCUT2D eigenvalue weighted by Gasteiger charge is 2.47. The number of aromatic amines is 1. The van der Waals surface area contributed by atoms with E-state index in [-0.39, 0.29) is 35.3 Å². The van der Waals surface area contributed by atoms with E-state index in [0.29, 0.717) is 37.7 Å². The lowest BCUT2D eigenvalue weighted by atomic mass is 9.86. The lowest BCUT2D eigenvalue weighted by molar-refractivity contribution is -0.134. The predicted octanol–water partition coefficient (Wildman–Crippen LogP) is 2.46. The van der Waals surface area contributed by atoms with E-state index in [1.54, 1.807) is 30.5 Å². The summed E-state index contributed by atoms with van der Waals surface area (Å²) < 4.78 is 0. The van der Waals surface area contributed by atoms with E-state index in [9.17, 15) is 19.5 Å². The average molecular weight is 460 g/mol. The molecule has 3 aliphatic rings. The first kappa shape index (κ1) is 20.7. The molecule has 3 amide bonds. The highest BCUT2D eigenvalue weighted by molar-refractivity contribution is 6.00. The Morgan fingerprint density at radius 2 is 1.88 bits per heavy atom. The lowest BCUT2D eigenvalue weighted by Gasteiger charge is -2.29. The van der Waals surface area contributed by atoms with E-state index >= 15 is 0 Å². The number of aromatic nitrogens is 2. The molecule has 2 atom stereocenters. The largest absolute Gasteiger partial charge is 0.508 e. The molecule has 0 saturated carbocycles. The van der Waals surface area contributed by atoms with E-state index in [1.165, 1.54) is 0 Å². The van der Waals surface area contributed by atoms with Crippen molar-refractivity contribution in [3.05, 3.63) is 53.9 Å². The molecular formula is C25H25N5O4.